The molecule has 0 unspecified atom stereocenters. The van der Waals surface area contributed by atoms with Crippen molar-refractivity contribution in [3.8, 4) is 34.3 Å². The molecule has 0 fully saturated rings. The number of aromatic nitrogens is 2. The number of fused-ring (bicyclic) bond motifs is 1. The standard InChI is InChI=1S/C25H27N3O6/c1-2-31-19-5-7-20(8-6-19)32-15-12-26-24(29)17-28-25(30)11-9-21(27-28)18-4-10-22-23(16-18)34-14-3-13-33-22/h4-11,16H,2-3,12-15,17H2,1H3,(H,26,29). The SMILES string of the molecule is CCOc1ccc(OCCNC(=O)Cn2nc(-c3ccc4c(c3)OCCCO4)ccc2=O)cc1. The van der Waals surface area contributed by atoms with Gasteiger partial charge in [0, 0.05) is 18.1 Å². The van der Waals surface area contributed by atoms with E-state index in [0.29, 0.717) is 55.9 Å². The van der Waals surface area contributed by atoms with Crippen LogP contribution in [0.2, 0.25) is 0 Å². The molecule has 9 heteroatoms. The normalized spacial score (nSPS) is 12.5. The Kier molecular flexibility index (Phi) is 7.64. The number of hydrogen-bond acceptors (Lipinski definition) is 7. The van der Waals surface area contributed by atoms with E-state index in [0.717, 1.165) is 22.4 Å². The molecule has 3 aromatic rings. The van der Waals surface area contributed by atoms with Crippen molar-refractivity contribution in [2.24, 2.45) is 0 Å². The largest absolute Gasteiger partial charge is 0.494 e. The van der Waals surface area contributed by atoms with Crippen molar-refractivity contribution >= 4 is 5.91 Å². The van der Waals surface area contributed by atoms with Crippen LogP contribution in [0.4, 0.5) is 0 Å². The number of carbonyl (C=O) groups is 1. The first-order chi connectivity index (χ1) is 16.6. The molecule has 178 valence electrons. The molecule has 1 aliphatic heterocycles. The zero-order valence-corrected chi connectivity index (χ0v) is 19.0. The molecule has 2 heterocycles. The highest BCUT2D eigenvalue weighted by molar-refractivity contribution is 5.75. The van der Waals surface area contributed by atoms with Gasteiger partial charge in [0.2, 0.25) is 5.91 Å². The van der Waals surface area contributed by atoms with E-state index in [2.05, 4.69) is 10.4 Å². The first-order valence-electron chi connectivity index (χ1n) is 11.2. The fourth-order valence-electron chi connectivity index (χ4n) is 3.39. The quantitative estimate of drug-likeness (QED) is 0.485. The molecule has 1 amide bonds. The smallest absolute Gasteiger partial charge is 0.267 e. The van der Waals surface area contributed by atoms with Crippen LogP contribution in [0.3, 0.4) is 0 Å². The van der Waals surface area contributed by atoms with Gasteiger partial charge in [0.05, 0.1) is 32.1 Å². The second-order valence-corrected chi connectivity index (χ2v) is 7.53. The van der Waals surface area contributed by atoms with Gasteiger partial charge in [-0.05, 0) is 55.5 Å². The third-order valence-corrected chi connectivity index (χ3v) is 5.03. The fourth-order valence-corrected chi connectivity index (χ4v) is 3.39. The van der Waals surface area contributed by atoms with E-state index < -0.39 is 0 Å². The van der Waals surface area contributed by atoms with Gasteiger partial charge in [-0.2, -0.15) is 5.10 Å². The van der Waals surface area contributed by atoms with Crippen LogP contribution in [0.15, 0.2) is 59.4 Å². The molecule has 0 atom stereocenters. The monoisotopic (exact) mass is 465 g/mol. The molecule has 34 heavy (non-hydrogen) atoms. The van der Waals surface area contributed by atoms with Crippen molar-refractivity contribution in [3.05, 3.63) is 65.0 Å². The third-order valence-electron chi connectivity index (χ3n) is 5.03. The first-order valence-corrected chi connectivity index (χ1v) is 11.2. The number of nitrogens with one attached hydrogen (secondary N) is 1. The molecule has 2 aromatic carbocycles. The van der Waals surface area contributed by atoms with E-state index >= 15 is 0 Å². The summed E-state index contributed by atoms with van der Waals surface area (Å²) >= 11 is 0. The van der Waals surface area contributed by atoms with E-state index in [1.165, 1.54) is 6.07 Å². The second kappa shape index (κ2) is 11.2. The lowest BCUT2D eigenvalue weighted by atomic mass is 10.1. The van der Waals surface area contributed by atoms with Gasteiger partial charge in [-0.25, -0.2) is 4.68 Å². The number of hydrogen-bond donors (Lipinski definition) is 1. The van der Waals surface area contributed by atoms with Crippen molar-refractivity contribution in [3.63, 3.8) is 0 Å². The summed E-state index contributed by atoms with van der Waals surface area (Å²) in [6, 6.07) is 15.8. The lowest BCUT2D eigenvalue weighted by molar-refractivity contribution is -0.122. The Morgan fingerprint density at radius 2 is 1.74 bits per heavy atom. The Bertz CT molecular complexity index is 1180. The van der Waals surface area contributed by atoms with Gasteiger partial charge in [0.15, 0.2) is 11.5 Å². The lowest BCUT2D eigenvalue weighted by Gasteiger charge is -2.11. The molecule has 0 bridgehead atoms. The summed E-state index contributed by atoms with van der Waals surface area (Å²) < 4.78 is 23.5. The van der Waals surface area contributed by atoms with Crippen molar-refractivity contribution in [2.45, 2.75) is 19.9 Å². The Morgan fingerprint density at radius 3 is 2.50 bits per heavy atom. The molecule has 4 rings (SSSR count). The van der Waals surface area contributed by atoms with Crippen LogP contribution in [-0.4, -0.2) is 48.7 Å². The maximum atomic E-state index is 12.4. The highest BCUT2D eigenvalue weighted by atomic mass is 16.5. The summed E-state index contributed by atoms with van der Waals surface area (Å²) in [6.07, 6.45) is 0.813. The van der Waals surface area contributed by atoms with Gasteiger partial charge in [0.1, 0.15) is 24.7 Å². The number of nitrogens with zero attached hydrogens (tertiary/aromatic N) is 2. The van der Waals surface area contributed by atoms with Crippen molar-refractivity contribution in [1.82, 2.24) is 15.1 Å². The third kappa shape index (κ3) is 6.06. The summed E-state index contributed by atoms with van der Waals surface area (Å²) in [5, 5.41) is 7.10. The molecule has 0 spiro atoms. The van der Waals surface area contributed by atoms with E-state index in [9.17, 15) is 9.59 Å². The van der Waals surface area contributed by atoms with Crippen LogP contribution in [0, 0.1) is 0 Å². The molecular formula is C25H27N3O6. The summed E-state index contributed by atoms with van der Waals surface area (Å²) in [5.41, 5.74) is 0.961. The number of ether oxygens (including phenoxy) is 4. The Labute approximate surface area is 197 Å². The summed E-state index contributed by atoms with van der Waals surface area (Å²) in [7, 11) is 0. The molecule has 9 nitrogen and oxygen atoms in total. The number of amides is 1. The van der Waals surface area contributed by atoms with Crippen molar-refractivity contribution in [2.75, 3.05) is 33.0 Å². The van der Waals surface area contributed by atoms with Gasteiger partial charge in [-0.3, -0.25) is 9.59 Å². The zero-order chi connectivity index (χ0) is 23.8. The number of rotatable bonds is 9. The fraction of sp³-hybridized carbons (Fsp3) is 0.320. The maximum absolute atomic E-state index is 12.4. The zero-order valence-electron chi connectivity index (χ0n) is 19.0. The van der Waals surface area contributed by atoms with Gasteiger partial charge in [0.25, 0.3) is 5.56 Å². The molecule has 1 N–H and O–H groups in total. The second-order valence-electron chi connectivity index (χ2n) is 7.53. The van der Waals surface area contributed by atoms with Crippen LogP contribution in [0.25, 0.3) is 11.3 Å². The van der Waals surface area contributed by atoms with Crippen LogP contribution in [-0.2, 0) is 11.3 Å². The van der Waals surface area contributed by atoms with E-state index in [1.54, 1.807) is 18.2 Å². The average Bonchev–Trinajstić information content (AvgIpc) is 3.09. The molecule has 0 saturated heterocycles. The summed E-state index contributed by atoms with van der Waals surface area (Å²) in [4.78, 5) is 24.6. The van der Waals surface area contributed by atoms with E-state index in [4.69, 9.17) is 18.9 Å². The molecule has 0 radical (unpaired) electrons. The highest BCUT2D eigenvalue weighted by Gasteiger charge is 2.13. The molecule has 1 aromatic heterocycles. The predicted molar refractivity (Wildman–Crippen MR) is 126 cm³/mol. The molecule has 0 saturated carbocycles. The maximum Gasteiger partial charge on any atom is 0.267 e. The number of carbonyl (C=O) groups excluding carboxylic acids is 1. The molecule has 0 aliphatic carbocycles. The average molecular weight is 466 g/mol. The Morgan fingerprint density at radius 1 is 1.00 bits per heavy atom. The minimum atomic E-state index is -0.362. The van der Waals surface area contributed by atoms with Gasteiger partial charge < -0.3 is 24.3 Å². The Hall–Kier alpha value is -4.01. The van der Waals surface area contributed by atoms with Crippen LogP contribution in [0.5, 0.6) is 23.0 Å². The van der Waals surface area contributed by atoms with E-state index in [1.807, 2.05) is 37.3 Å². The predicted octanol–water partition coefficient (Wildman–Crippen LogP) is 2.67. The van der Waals surface area contributed by atoms with Gasteiger partial charge in [-0.1, -0.05) is 0 Å². The minimum absolute atomic E-state index is 0.194. The highest BCUT2D eigenvalue weighted by Crippen LogP contribution is 2.33. The summed E-state index contributed by atoms with van der Waals surface area (Å²) in [5.74, 6) is 2.44. The van der Waals surface area contributed by atoms with Gasteiger partial charge in [-0.15, -0.1) is 0 Å². The van der Waals surface area contributed by atoms with E-state index in [-0.39, 0.29) is 18.0 Å². The molecular weight excluding hydrogens is 438 g/mol. The Balaban J connectivity index is 1.32. The number of benzene rings is 2. The molecule has 1 aliphatic rings. The van der Waals surface area contributed by atoms with Crippen molar-refractivity contribution < 1.29 is 23.7 Å². The first kappa shape index (κ1) is 23.2. The van der Waals surface area contributed by atoms with Gasteiger partial charge >= 0.3 is 0 Å². The van der Waals surface area contributed by atoms with Crippen LogP contribution in [0.1, 0.15) is 13.3 Å². The topological polar surface area (TPSA) is 101 Å². The lowest BCUT2D eigenvalue weighted by Crippen LogP contribution is -2.35. The van der Waals surface area contributed by atoms with Crippen LogP contribution < -0.4 is 29.8 Å². The van der Waals surface area contributed by atoms with Crippen molar-refractivity contribution in [1.29, 1.82) is 0 Å². The van der Waals surface area contributed by atoms with Crippen LogP contribution >= 0.6 is 0 Å². The summed E-state index contributed by atoms with van der Waals surface area (Å²) in [6.45, 7) is 4.10. The minimum Gasteiger partial charge on any atom is -0.494 e.